The van der Waals surface area contributed by atoms with Crippen molar-refractivity contribution in [3.05, 3.63) is 0 Å². The van der Waals surface area contributed by atoms with E-state index in [0.29, 0.717) is 52.9 Å². The first-order chi connectivity index (χ1) is 20.2. The van der Waals surface area contributed by atoms with Gasteiger partial charge in [-0.05, 0) is 64.2 Å². The van der Waals surface area contributed by atoms with E-state index >= 15 is 0 Å². The molecule has 41 heavy (non-hydrogen) atoms. The summed E-state index contributed by atoms with van der Waals surface area (Å²) in [4.78, 5) is 0. The van der Waals surface area contributed by atoms with Gasteiger partial charge >= 0.3 is 0 Å². The maximum Gasteiger partial charge on any atom is 0.283 e. The van der Waals surface area contributed by atoms with Crippen LogP contribution in [0.25, 0.3) is 0 Å². The fourth-order valence-corrected chi connectivity index (χ4v) is 20.7. The van der Waals surface area contributed by atoms with Gasteiger partial charge < -0.3 is 23.3 Å². The van der Waals surface area contributed by atoms with Gasteiger partial charge in [0.2, 0.25) is 7.51 Å². The summed E-state index contributed by atoms with van der Waals surface area (Å²) in [7, 11) is -7.90. The van der Waals surface area contributed by atoms with E-state index in [2.05, 4.69) is 18.7 Å². The third-order valence-corrected chi connectivity index (χ3v) is 20.0. The first kappa shape index (κ1) is 31.3. The molecule has 4 fully saturated rings. The van der Waals surface area contributed by atoms with Gasteiger partial charge in [0.25, 0.3) is 15.2 Å². The molecule has 4 saturated heterocycles. The number of hydrogen-bond acceptors (Lipinski definition) is 12. The zero-order valence-electron chi connectivity index (χ0n) is 24.9. The molecule has 0 spiro atoms. The Bertz CT molecular complexity index is 954. The van der Waals surface area contributed by atoms with Crippen LogP contribution in [-0.4, -0.2) is 124 Å². The van der Waals surface area contributed by atoms with Gasteiger partial charge in [0.1, 0.15) is 0 Å². The summed E-state index contributed by atoms with van der Waals surface area (Å²) in [6, 6.07) is 0. The zero-order valence-corrected chi connectivity index (χ0v) is 27.6. The number of fused-ring (bicyclic) bond motifs is 1. The molecular weight excluding hydrogens is 583 g/mol. The SMILES string of the molecule is C1CCOP2(N3CCCC3)=NP(N3CCCC3)(=NP(N3CCCC3)(N3CCCC3)=N2)OCCOCCOCCOC1. The Balaban J connectivity index is 1.47. The summed E-state index contributed by atoms with van der Waals surface area (Å²) >= 11 is 0. The fraction of sp³-hybridized carbons (Fsp3) is 1.00. The van der Waals surface area contributed by atoms with Gasteiger partial charge in [0.15, 0.2) is 0 Å². The number of nitrogens with zero attached hydrogens (tertiary/aromatic N) is 7. The van der Waals surface area contributed by atoms with E-state index in [1.54, 1.807) is 0 Å². The maximum atomic E-state index is 7.12. The Morgan fingerprint density at radius 1 is 0.341 bits per heavy atom. The van der Waals surface area contributed by atoms with E-state index in [1.807, 2.05) is 0 Å². The normalized spacial score (nSPS) is 36.3. The van der Waals surface area contributed by atoms with Crippen molar-refractivity contribution in [2.75, 3.05) is 105 Å². The summed E-state index contributed by atoms with van der Waals surface area (Å²) in [5.41, 5.74) is 0. The molecule has 0 aromatic heterocycles. The molecular formula is C26H52N7O5P3. The predicted octanol–water partition coefficient (Wildman–Crippen LogP) is 6.10. The molecule has 0 N–H and O–H groups in total. The van der Waals surface area contributed by atoms with Crippen molar-refractivity contribution < 1.29 is 23.3 Å². The van der Waals surface area contributed by atoms with Gasteiger partial charge in [0, 0.05) is 59.0 Å². The molecule has 15 heteroatoms. The van der Waals surface area contributed by atoms with E-state index in [4.69, 9.17) is 36.8 Å². The number of hydrogen-bond donors (Lipinski definition) is 0. The van der Waals surface area contributed by atoms with Crippen LogP contribution < -0.4 is 0 Å². The lowest BCUT2D eigenvalue weighted by Gasteiger charge is -2.46. The van der Waals surface area contributed by atoms with Crippen LogP contribution in [0.4, 0.5) is 0 Å². The Hall–Kier alpha value is 0.330. The fourth-order valence-electron chi connectivity index (χ4n) is 6.53. The van der Waals surface area contributed by atoms with Crippen molar-refractivity contribution >= 4 is 22.7 Å². The molecule has 2 bridgehead atoms. The van der Waals surface area contributed by atoms with Gasteiger partial charge in [-0.15, -0.1) is 0 Å². The molecule has 0 radical (unpaired) electrons. The summed E-state index contributed by atoms with van der Waals surface area (Å²) in [5.74, 6) is 0. The Kier molecular flexibility index (Phi) is 11.5. The van der Waals surface area contributed by atoms with Crippen molar-refractivity contribution in [3.63, 3.8) is 0 Å². The summed E-state index contributed by atoms with van der Waals surface area (Å²) < 4.78 is 59.6. The van der Waals surface area contributed by atoms with Crippen molar-refractivity contribution in [1.82, 2.24) is 18.7 Å². The minimum atomic E-state index is -2.74. The van der Waals surface area contributed by atoms with Crippen LogP contribution in [-0.2, 0) is 23.3 Å². The van der Waals surface area contributed by atoms with Gasteiger partial charge in [-0.25, -0.2) is 18.7 Å². The highest BCUT2D eigenvalue weighted by molar-refractivity contribution is 7.81. The molecule has 236 valence electrons. The highest BCUT2D eigenvalue weighted by atomic mass is 31.3. The van der Waals surface area contributed by atoms with E-state index in [9.17, 15) is 0 Å². The lowest BCUT2D eigenvalue weighted by Crippen LogP contribution is -2.31. The maximum absolute atomic E-state index is 7.12. The molecule has 6 rings (SSSR count). The average Bonchev–Trinajstić information content (AvgIpc) is 3.82. The lowest BCUT2D eigenvalue weighted by atomic mass is 10.3. The topological polar surface area (TPSA) is 96.2 Å². The van der Waals surface area contributed by atoms with Crippen LogP contribution in [0.2, 0.25) is 0 Å². The van der Waals surface area contributed by atoms with Crippen molar-refractivity contribution in [1.29, 1.82) is 0 Å². The molecule has 12 nitrogen and oxygen atoms in total. The van der Waals surface area contributed by atoms with Crippen molar-refractivity contribution in [2.24, 2.45) is 13.5 Å². The molecule has 0 aliphatic carbocycles. The predicted molar refractivity (Wildman–Crippen MR) is 165 cm³/mol. The summed E-state index contributed by atoms with van der Waals surface area (Å²) in [6.07, 6.45) is 11.4. The number of rotatable bonds is 4. The molecule has 6 aliphatic heterocycles. The van der Waals surface area contributed by atoms with Gasteiger partial charge in [-0.2, -0.15) is 13.5 Å². The van der Waals surface area contributed by atoms with Crippen LogP contribution in [0.3, 0.4) is 0 Å². The first-order valence-corrected chi connectivity index (χ1v) is 20.9. The summed E-state index contributed by atoms with van der Waals surface area (Å²) in [5, 5.41) is 0. The monoisotopic (exact) mass is 635 g/mol. The van der Waals surface area contributed by atoms with Crippen LogP contribution in [0, 0.1) is 0 Å². The molecule has 0 aromatic carbocycles. The van der Waals surface area contributed by atoms with E-state index < -0.39 is 22.7 Å². The Morgan fingerprint density at radius 2 is 0.732 bits per heavy atom. The molecule has 0 amide bonds. The van der Waals surface area contributed by atoms with E-state index in [0.717, 1.165) is 78.0 Å². The van der Waals surface area contributed by atoms with Crippen LogP contribution >= 0.6 is 22.7 Å². The molecule has 2 atom stereocenters. The first-order valence-electron chi connectivity index (χ1n) is 16.2. The quantitative estimate of drug-likeness (QED) is 0.340. The van der Waals surface area contributed by atoms with E-state index in [1.165, 1.54) is 38.5 Å². The molecule has 0 saturated carbocycles. The van der Waals surface area contributed by atoms with Crippen LogP contribution in [0.5, 0.6) is 0 Å². The Labute approximate surface area is 247 Å². The smallest absolute Gasteiger partial charge is 0.283 e. The highest BCUT2D eigenvalue weighted by Gasteiger charge is 2.50. The minimum Gasteiger partial charge on any atom is -0.379 e. The standard InChI is InChI=1S/C26H52N7O5P3/c1-2-12-30(11-1)39(31-13-3-4-14-31)27-40(32-15-5-6-16-32)29-41(28-39,33-17-7-8-18-33)38-26-25-36-24-23-35-22-21-34-19-9-10-20-37-40/h1-26H2. The summed E-state index contributed by atoms with van der Waals surface area (Å²) in [6.45, 7) is 12.8. The van der Waals surface area contributed by atoms with Crippen LogP contribution in [0.15, 0.2) is 13.5 Å². The van der Waals surface area contributed by atoms with E-state index in [-0.39, 0.29) is 0 Å². The second kappa shape index (κ2) is 15.1. The largest absolute Gasteiger partial charge is 0.379 e. The van der Waals surface area contributed by atoms with Gasteiger partial charge in [-0.3, -0.25) is 0 Å². The molecule has 2 unspecified atom stereocenters. The van der Waals surface area contributed by atoms with Crippen molar-refractivity contribution in [2.45, 2.75) is 64.2 Å². The highest BCUT2D eigenvalue weighted by Crippen LogP contribution is 2.83. The minimum absolute atomic E-state index is 0.473. The number of ether oxygens (including phenoxy) is 3. The van der Waals surface area contributed by atoms with Crippen molar-refractivity contribution in [3.8, 4) is 0 Å². The van der Waals surface area contributed by atoms with Gasteiger partial charge in [0.05, 0.1) is 46.2 Å². The molecule has 0 aromatic rings. The second-order valence-electron chi connectivity index (χ2n) is 11.7. The average molecular weight is 636 g/mol. The Morgan fingerprint density at radius 3 is 1.27 bits per heavy atom. The zero-order chi connectivity index (χ0) is 27.9. The lowest BCUT2D eigenvalue weighted by molar-refractivity contribution is 0.00856. The third kappa shape index (κ3) is 7.26. The molecule has 6 aliphatic rings. The third-order valence-electron chi connectivity index (χ3n) is 8.72. The van der Waals surface area contributed by atoms with Gasteiger partial charge in [-0.1, -0.05) is 0 Å². The van der Waals surface area contributed by atoms with Crippen LogP contribution in [0.1, 0.15) is 64.2 Å². The second-order valence-corrected chi connectivity index (χ2v) is 19.7. The molecule has 6 heterocycles.